The van der Waals surface area contributed by atoms with Crippen LogP contribution in [0.1, 0.15) is 19.3 Å². The fraction of sp³-hybridized carbons (Fsp3) is 0.500. The highest BCUT2D eigenvalue weighted by atomic mass is 32.2. The molecule has 0 spiro atoms. The predicted octanol–water partition coefficient (Wildman–Crippen LogP) is 2.37. The first-order valence-electron chi connectivity index (χ1n) is 4.91. The van der Waals surface area contributed by atoms with Crippen LogP contribution in [0.3, 0.4) is 0 Å². The number of hydrogen-bond acceptors (Lipinski definition) is 3. The Labute approximate surface area is 84.7 Å². The molecule has 2 rings (SSSR count). The molecule has 3 nitrogen and oxygen atoms in total. The minimum absolute atomic E-state index is 0.749. The zero-order valence-corrected chi connectivity index (χ0v) is 8.87. The molecule has 0 aliphatic carbocycles. The molecular weight excluding hydrogens is 196 g/mol. The average Bonchev–Trinajstić information content (AvgIpc) is 2.19. The molecule has 1 fully saturated rings. The Morgan fingerprint density at radius 1 is 1.29 bits per heavy atom. The van der Waals surface area contributed by atoms with Gasteiger partial charge in [-0.1, -0.05) is 6.42 Å². The first kappa shape index (κ1) is 9.65. The van der Waals surface area contributed by atoms with Gasteiger partial charge in [0.2, 0.25) is 0 Å². The minimum Gasteiger partial charge on any atom is -0.262 e. The van der Waals surface area contributed by atoms with Crippen molar-refractivity contribution in [2.24, 2.45) is 4.36 Å². The van der Waals surface area contributed by atoms with Crippen molar-refractivity contribution in [1.82, 2.24) is 4.98 Å². The van der Waals surface area contributed by atoms with E-state index in [4.69, 9.17) is 0 Å². The molecule has 1 saturated heterocycles. The monoisotopic (exact) mass is 210 g/mol. The molecule has 0 unspecified atom stereocenters. The van der Waals surface area contributed by atoms with Crippen molar-refractivity contribution < 1.29 is 4.21 Å². The van der Waals surface area contributed by atoms with E-state index < -0.39 is 9.73 Å². The zero-order chi connectivity index (χ0) is 9.86. The highest BCUT2D eigenvalue weighted by Crippen LogP contribution is 2.19. The van der Waals surface area contributed by atoms with Gasteiger partial charge in [-0.2, -0.15) is 4.36 Å². The van der Waals surface area contributed by atoms with Crippen LogP contribution in [-0.2, 0) is 9.73 Å². The SMILES string of the molecule is O=S1(=Nc2cccnc2)CCCCC1. The summed E-state index contributed by atoms with van der Waals surface area (Å²) in [5, 5.41) is 0. The van der Waals surface area contributed by atoms with E-state index in [1.807, 2.05) is 12.1 Å². The highest BCUT2D eigenvalue weighted by Gasteiger charge is 2.14. The van der Waals surface area contributed by atoms with Crippen LogP contribution in [0.2, 0.25) is 0 Å². The largest absolute Gasteiger partial charge is 0.262 e. The van der Waals surface area contributed by atoms with Gasteiger partial charge >= 0.3 is 0 Å². The van der Waals surface area contributed by atoms with E-state index in [-0.39, 0.29) is 0 Å². The number of rotatable bonds is 1. The summed E-state index contributed by atoms with van der Waals surface area (Å²) in [6, 6.07) is 3.68. The van der Waals surface area contributed by atoms with Gasteiger partial charge in [-0.05, 0) is 25.0 Å². The van der Waals surface area contributed by atoms with E-state index in [2.05, 4.69) is 9.35 Å². The maximum Gasteiger partial charge on any atom is 0.0913 e. The molecule has 1 aromatic heterocycles. The lowest BCUT2D eigenvalue weighted by molar-refractivity contribution is 0.650. The quantitative estimate of drug-likeness (QED) is 0.714. The van der Waals surface area contributed by atoms with Crippen LogP contribution in [0, 0.1) is 0 Å². The van der Waals surface area contributed by atoms with Gasteiger partial charge in [-0.3, -0.25) is 4.98 Å². The Balaban J connectivity index is 2.29. The molecule has 4 heteroatoms. The molecule has 14 heavy (non-hydrogen) atoms. The molecular formula is C10H14N2OS. The molecule has 2 heterocycles. The molecule has 1 aromatic rings. The highest BCUT2D eigenvalue weighted by molar-refractivity contribution is 7.93. The number of hydrogen-bond donors (Lipinski definition) is 0. The van der Waals surface area contributed by atoms with Crippen molar-refractivity contribution in [1.29, 1.82) is 0 Å². The van der Waals surface area contributed by atoms with Crippen LogP contribution in [0.5, 0.6) is 0 Å². The van der Waals surface area contributed by atoms with E-state index in [1.54, 1.807) is 12.4 Å². The van der Waals surface area contributed by atoms with E-state index in [9.17, 15) is 4.21 Å². The Bertz CT molecular complexity index is 395. The van der Waals surface area contributed by atoms with Gasteiger partial charge < -0.3 is 0 Å². The average molecular weight is 210 g/mol. The van der Waals surface area contributed by atoms with Crippen LogP contribution in [0.15, 0.2) is 28.9 Å². The Hall–Kier alpha value is -0.900. The lowest BCUT2D eigenvalue weighted by Crippen LogP contribution is -2.15. The molecule has 0 atom stereocenters. The topological polar surface area (TPSA) is 42.3 Å². The van der Waals surface area contributed by atoms with Crippen molar-refractivity contribution >= 4 is 15.4 Å². The van der Waals surface area contributed by atoms with Crippen molar-refractivity contribution in [3.05, 3.63) is 24.5 Å². The van der Waals surface area contributed by atoms with Crippen molar-refractivity contribution in [3.8, 4) is 0 Å². The van der Waals surface area contributed by atoms with Gasteiger partial charge in [-0.25, -0.2) is 4.21 Å². The maximum absolute atomic E-state index is 12.2. The fourth-order valence-electron chi connectivity index (χ4n) is 1.63. The van der Waals surface area contributed by atoms with Crippen LogP contribution in [0.4, 0.5) is 5.69 Å². The molecule has 1 aliphatic rings. The maximum atomic E-state index is 12.2. The summed E-state index contributed by atoms with van der Waals surface area (Å²) in [4.78, 5) is 3.96. The second-order valence-corrected chi connectivity index (χ2v) is 6.09. The summed E-state index contributed by atoms with van der Waals surface area (Å²) >= 11 is 0. The number of nitrogens with zero attached hydrogens (tertiary/aromatic N) is 2. The summed E-state index contributed by atoms with van der Waals surface area (Å²) in [6.07, 6.45) is 6.65. The molecule has 1 aliphatic heterocycles. The van der Waals surface area contributed by atoms with Crippen LogP contribution >= 0.6 is 0 Å². The standard InChI is InChI=1S/C10H14N2OS/c13-14(7-2-1-3-8-14)12-10-5-4-6-11-9-10/h4-6,9H,1-3,7-8H2. The van der Waals surface area contributed by atoms with E-state index in [0.717, 1.165) is 30.0 Å². The summed E-state index contributed by atoms with van der Waals surface area (Å²) in [6.45, 7) is 0. The van der Waals surface area contributed by atoms with Crippen LogP contribution in [0.25, 0.3) is 0 Å². The normalized spacial score (nSPS) is 20.3. The Morgan fingerprint density at radius 2 is 2.07 bits per heavy atom. The second-order valence-electron chi connectivity index (χ2n) is 3.54. The van der Waals surface area contributed by atoms with E-state index in [0.29, 0.717) is 0 Å². The van der Waals surface area contributed by atoms with Crippen molar-refractivity contribution in [2.45, 2.75) is 19.3 Å². The van der Waals surface area contributed by atoms with E-state index in [1.165, 1.54) is 6.42 Å². The van der Waals surface area contributed by atoms with Crippen molar-refractivity contribution in [3.63, 3.8) is 0 Å². The Kier molecular flexibility index (Phi) is 2.82. The van der Waals surface area contributed by atoms with Gasteiger partial charge in [0.1, 0.15) is 0 Å². The molecule has 0 aromatic carbocycles. The molecule has 0 amide bonds. The molecule has 0 saturated carbocycles. The first-order chi connectivity index (χ1) is 6.79. The van der Waals surface area contributed by atoms with Gasteiger partial charge in [0, 0.05) is 17.7 Å². The fourth-order valence-corrected chi connectivity index (χ4v) is 3.81. The summed E-state index contributed by atoms with van der Waals surface area (Å²) < 4.78 is 16.5. The van der Waals surface area contributed by atoms with Gasteiger partial charge in [0.05, 0.1) is 21.6 Å². The molecule has 76 valence electrons. The Morgan fingerprint density at radius 3 is 2.71 bits per heavy atom. The van der Waals surface area contributed by atoms with Gasteiger partial charge in [0.25, 0.3) is 0 Å². The summed E-state index contributed by atoms with van der Waals surface area (Å²) in [5.41, 5.74) is 0.749. The zero-order valence-electron chi connectivity index (χ0n) is 8.06. The van der Waals surface area contributed by atoms with E-state index >= 15 is 0 Å². The number of aromatic nitrogens is 1. The van der Waals surface area contributed by atoms with Gasteiger partial charge in [0.15, 0.2) is 0 Å². The smallest absolute Gasteiger partial charge is 0.0913 e. The third-order valence-electron chi connectivity index (χ3n) is 2.34. The van der Waals surface area contributed by atoms with Gasteiger partial charge in [-0.15, -0.1) is 0 Å². The number of pyridine rings is 1. The third-order valence-corrected chi connectivity index (χ3v) is 4.74. The lowest BCUT2D eigenvalue weighted by Gasteiger charge is -2.14. The molecule has 0 N–H and O–H groups in total. The predicted molar refractivity (Wildman–Crippen MR) is 58.1 cm³/mol. The molecule has 0 bridgehead atoms. The van der Waals surface area contributed by atoms with Crippen LogP contribution in [-0.4, -0.2) is 20.7 Å². The molecule has 0 radical (unpaired) electrons. The second kappa shape index (κ2) is 4.09. The lowest BCUT2D eigenvalue weighted by atomic mass is 10.3. The van der Waals surface area contributed by atoms with Crippen LogP contribution < -0.4 is 0 Å². The first-order valence-corrected chi connectivity index (χ1v) is 6.76. The summed E-state index contributed by atoms with van der Waals surface area (Å²) in [5.74, 6) is 1.50. The van der Waals surface area contributed by atoms with Crippen molar-refractivity contribution in [2.75, 3.05) is 11.5 Å². The minimum atomic E-state index is -1.96. The summed E-state index contributed by atoms with van der Waals surface area (Å²) in [7, 11) is -1.96. The third kappa shape index (κ3) is 2.32.